The highest BCUT2D eigenvalue weighted by atomic mass is 16.3. The van der Waals surface area contributed by atoms with E-state index in [1.165, 1.54) is 25.7 Å². The van der Waals surface area contributed by atoms with Gasteiger partial charge in [-0.3, -0.25) is 4.90 Å². The van der Waals surface area contributed by atoms with Gasteiger partial charge in [0.2, 0.25) is 0 Å². The summed E-state index contributed by atoms with van der Waals surface area (Å²) in [6, 6.07) is 1.18. The summed E-state index contributed by atoms with van der Waals surface area (Å²) < 4.78 is 0. The lowest BCUT2D eigenvalue weighted by molar-refractivity contribution is 0.0156. The summed E-state index contributed by atoms with van der Waals surface area (Å²) in [4.78, 5) is 2.48. The number of unbranched alkanes of at least 4 members (excludes halogenated alkanes) is 1. The van der Waals surface area contributed by atoms with Gasteiger partial charge in [-0.1, -0.05) is 27.2 Å². The molecule has 1 rings (SSSR count). The number of hydrogen-bond donors (Lipinski definition) is 2. The van der Waals surface area contributed by atoms with Crippen LogP contribution < -0.4 is 5.32 Å². The van der Waals surface area contributed by atoms with Gasteiger partial charge >= 0.3 is 0 Å². The van der Waals surface area contributed by atoms with E-state index in [4.69, 9.17) is 0 Å². The molecule has 0 saturated heterocycles. The fourth-order valence-electron chi connectivity index (χ4n) is 2.11. The van der Waals surface area contributed by atoms with Gasteiger partial charge in [-0.2, -0.15) is 0 Å². The molecule has 1 aliphatic carbocycles. The van der Waals surface area contributed by atoms with Crippen LogP contribution in [0.5, 0.6) is 0 Å². The van der Waals surface area contributed by atoms with Crippen LogP contribution in [-0.4, -0.2) is 47.3 Å². The van der Waals surface area contributed by atoms with E-state index in [1.54, 1.807) is 0 Å². The molecule has 1 fully saturated rings. The van der Waals surface area contributed by atoms with Gasteiger partial charge in [-0.15, -0.1) is 0 Å². The Morgan fingerprint density at radius 2 is 2.06 bits per heavy atom. The number of nitrogens with one attached hydrogen (secondary N) is 1. The van der Waals surface area contributed by atoms with Crippen molar-refractivity contribution in [1.82, 2.24) is 10.2 Å². The summed E-state index contributed by atoms with van der Waals surface area (Å²) >= 11 is 0. The van der Waals surface area contributed by atoms with E-state index in [0.717, 1.165) is 19.1 Å². The van der Waals surface area contributed by atoms with E-state index >= 15 is 0 Å². The van der Waals surface area contributed by atoms with Crippen molar-refractivity contribution >= 4 is 0 Å². The molecule has 0 spiro atoms. The quantitative estimate of drug-likeness (QED) is 0.649. The van der Waals surface area contributed by atoms with Crippen LogP contribution in [0.15, 0.2) is 0 Å². The molecule has 1 saturated carbocycles. The lowest BCUT2D eigenvalue weighted by Crippen LogP contribution is -2.49. The Morgan fingerprint density at radius 3 is 2.53 bits per heavy atom. The van der Waals surface area contributed by atoms with E-state index < -0.39 is 5.60 Å². The lowest BCUT2D eigenvalue weighted by Gasteiger charge is -2.32. The van der Waals surface area contributed by atoms with Crippen molar-refractivity contribution in [2.75, 3.05) is 19.6 Å². The maximum atomic E-state index is 10.4. The first-order valence-electron chi connectivity index (χ1n) is 7.14. The summed E-state index contributed by atoms with van der Waals surface area (Å²) in [7, 11) is 0. The first-order chi connectivity index (χ1) is 7.94. The molecule has 0 heterocycles. The average molecular weight is 242 g/mol. The Labute approximate surface area is 107 Å². The molecule has 1 atom stereocenters. The van der Waals surface area contributed by atoms with Crippen LogP contribution in [-0.2, 0) is 0 Å². The van der Waals surface area contributed by atoms with Crippen LogP contribution >= 0.6 is 0 Å². The predicted octanol–water partition coefficient (Wildman–Crippen LogP) is 2.00. The normalized spacial score (nSPS) is 19.9. The third kappa shape index (κ3) is 6.39. The number of nitrogens with zero attached hydrogens (tertiary/aromatic N) is 1. The summed E-state index contributed by atoms with van der Waals surface area (Å²) in [5.41, 5.74) is -0.611. The molecule has 3 heteroatoms. The maximum Gasteiger partial charge on any atom is 0.0869 e. The second kappa shape index (κ2) is 6.72. The molecule has 17 heavy (non-hydrogen) atoms. The molecule has 0 aliphatic heterocycles. The first-order valence-corrected chi connectivity index (χ1v) is 7.14. The molecular formula is C14H30N2O. The molecule has 0 amide bonds. The van der Waals surface area contributed by atoms with Crippen molar-refractivity contribution in [3.8, 4) is 0 Å². The highest BCUT2D eigenvalue weighted by molar-refractivity contribution is 4.89. The summed E-state index contributed by atoms with van der Waals surface area (Å²) in [5.74, 6) is 0. The van der Waals surface area contributed by atoms with Gasteiger partial charge in [0.15, 0.2) is 0 Å². The molecular weight excluding hydrogens is 212 g/mol. The van der Waals surface area contributed by atoms with Crippen molar-refractivity contribution in [2.24, 2.45) is 0 Å². The fraction of sp³-hybridized carbons (Fsp3) is 1.00. The van der Waals surface area contributed by atoms with E-state index in [-0.39, 0.29) is 0 Å². The van der Waals surface area contributed by atoms with Crippen LogP contribution in [0.2, 0.25) is 0 Å². The van der Waals surface area contributed by atoms with Crippen LogP contribution in [0.3, 0.4) is 0 Å². The molecule has 1 unspecified atom stereocenters. The minimum absolute atomic E-state index is 0.437. The molecule has 0 radical (unpaired) electrons. The second-order valence-electron chi connectivity index (χ2n) is 6.09. The third-order valence-corrected chi connectivity index (χ3v) is 3.30. The standard InChI is InChI=1S/C14H30N2O/c1-5-6-9-16(13-7-8-13)11-14(4,17)10-15-12(2)3/h12-13,15,17H,5-11H2,1-4H3. The number of aliphatic hydroxyl groups is 1. The Morgan fingerprint density at radius 1 is 1.41 bits per heavy atom. The van der Waals surface area contributed by atoms with Gasteiger partial charge in [0.25, 0.3) is 0 Å². The predicted molar refractivity (Wildman–Crippen MR) is 73.3 cm³/mol. The molecule has 0 aromatic carbocycles. The highest BCUT2D eigenvalue weighted by Gasteiger charge is 2.33. The van der Waals surface area contributed by atoms with Gasteiger partial charge in [0, 0.05) is 25.2 Å². The van der Waals surface area contributed by atoms with Crippen LogP contribution in [0, 0.1) is 0 Å². The largest absolute Gasteiger partial charge is 0.388 e. The maximum absolute atomic E-state index is 10.4. The average Bonchev–Trinajstić information content (AvgIpc) is 3.05. The van der Waals surface area contributed by atoms with Gasteiger partial charge in [0.05, 0.1) is 5.60 Å². The second-order valence-corrected chi connectivity index (χ2v) is 6.09. The van der Waals surface area contributed by atoms with Gasteiger partial charge in [-0.25, -0.2) is 0 Å². The van der Waals surface area contributed by atoms with Crippen molar-refractivity contribution < 1.29 is 5.11 Å². The van der Waals surface area contributed by atoms with E-state index in [0.29, 0.717) is 12.6 Å². The van der Waals surface area contributed by atoms with Gasteiger partial charge in [-0.05, 0) is 32.7 Å². The summed E-state index contributed by atoms with van der Waals surface area (Å²) in [6.45, 7) is 11.0. The Hall–Kier alpha value is -0.120. The fourth-order valence-corrected chi connectivity index (χ4v) is 2.11. The molecule has 3 nitrogen and oxygen atoms in total. The van der Waals surface area contributed by atoms with Gasteiger partial charge < -0.3 is 10.4 Å². The molecule has 0 bridgehead atoms. The SMILES string of the molecule is CCCCN(CC(C)(O)CNC(C)C)C1CC1. The first kappa shape index (κ1) is 14.9. The molecule has 1 aliphatic rings. The zero-order chi connectivity index (χ0) is 12.9. The monoisotopic (exact) mass is 242 g/mol. The van der Waals surface area contributed by atoms with E-state index in [1.807, 2.05) is 6.92 Å². The van der Waals surface area contributed by atoms with Crippen molar-refractivity contribution in [3.05, 3.63) is 0 Å². The van der Waals surface area contributed by atoms with Crippen LogP contribution in [0.1, 0.15) is 53.4 Å². The highest BCUT2D eigenvalue weighted by Crippen LogP contribution is 2.28. The third-order valence-electron chi connectivity index (χ3n) is 3.30. The Kier molecular flexibility index (Phi) is 5.90. The lowest BCUT2D eigenvalue weighted by atomic mass is 10.1. The van der Waals surface area contributed by atoms with E-state index in [9.17, 15) is 5.11 Å². The van der Waals surface area contributed by atoms with E-state index in [2.05, 4.69) is 31.0 Å². The molecule has 2 N–H and O–H groups in total. The van der Waals surface area contributed by atoms with Crippen molar-refractivity contribution in [2.45, 2.75) is 71.1 Å². The molecule has 0 aromatic heterocycles. The zero-order valence-corrected chi connectivity index (χ0v) is 12.0. The summed E-state index contributed by atoms with van der Waals surface area (Å²) in [5, 5.41) is 13.7. The van der Waals surface area contributed by atoms with Crippen molar-refractivity contribution in [3.63, 3.8) is 0 Å². The Bertz CT molecular complexity index is 212. The number of rotatable bonds is 9. The Balaban J connectivity index is 2.35. The van der Waals surface area contributed by atoms with Crippen LogP contribution in [0.25, 0.3) is 0 Å². The number of hydrogen-bond acceptors (Lipinski definition) is 3. The van der Waals surface area contributed by atoms with Gasteiger partial charge in [0.1, 0.15) is 0 Å². The summed E-state index contributed by atoms with van der Waals surface area (Å²) in [6.07, 6.45) is 5.11. The minimum atomic E-state index is -0.611. The van der Waals surface area contributed by atoms with Crippen LogP contribution in [0.4, 0.5) is 0 Å². The van der Waals surface area contributed by atoms with Crippen molar-refractivity contribution in [1.29, 1.82) is 0 Å². The smallest absolute Gasteiger partial charge is 0.0869 e. The minimum Gasteiger partial charge on any atom is -0.388 e. The zero-order valence-electron chi connectivity index (χ0n) is 12.0. The molecule has 0 aromatic rings. The topological polar surface area (TPSA) is 35.5 Å². The molecule has 102 valence electrons.